The largest absolute Gasteiger partial charge is 0.473 e. The maximum absolute atomic E-state index is 9.93. The third-order valence-electron chi connectivity index (χ3n) is 2.72. The van der Waals surface area contributed by atoms with Gasteiger partial charge in [0.1, 0.15) is 0 Å². The van der Waals surface area contributed by atoms with Crippen molar-refractivity contribution in [3.8, 4) is 0 Å². The lowest BCUT2D eigenvalue weighted by Crippen LogP contribution is -2.15. The number of carbonyl (C=O) groups excluding carboxylic acids is 1. The molecule has 1 saturated heterocycles. The van der Waals surface area contributed by atoms with Crippen molar-refractivity contribution in [2.45, 2.75) is 18.9 Å². The van der Waals surface area contributed by atoms with E-state index in [0.29, 0.717) is 0 Å². The Kier molecular flexibility index (Phi) is 4.55. The van der Waals surface area contributed by atoms with Gasteiger partial charge in [-0.1, -0.05) is 6.07 Å². The zero-order chi connectivity index (χ0) is 11.9. The molecule has 4 nitrogen and oxygen atoms in total. The van der Waals surface area contributed by atoms with Gasteiger partial charge in [0.05, 0.1) is 6.54 Å². The summed E-state index contributed by atoms with van der Waals surface area (Å²) in [6.07, 6.45) is 5.04. The summed E-state index contributed by atoms with van der Waals surface area (Å²) in [6, 6.07) is 4.10. The summed E-state index contributed by atoms with van der Waals surface area (Å²) in [5.74, 6) is 0. The topological polar surface area (TPSA) is 41.9 Å². The third-order valence-corrected chi connectivity index (χ3v) is 3.69. The molecule has 1 atom stereocenters. The highest BCUT2D eigenvalue weighted by atomic mass is 32.1. The first-order valence-electron chi connectivity index (χ1n) is 5.76. The highest BCUT2D eigenvalue weighted by molar-refractivity contribution is 7.10. The average molecular weight is 252 g/mol. The predicted octanol–water partition coefficient (Wildman–Crippen LogP) is 2.09. The van der Waals surface area contributed by atoms with Gasteiger partial charge in [0.15, 0.2) is 12.5 Å². The minimum atomic E-state index is 0.194. The van der Waals surface area contributed by atoms with Gasteiger partial charge >= 0.3 is 0 Å². The summed E-state index contributed by atoms with van der Waals surface area (Å²) in [6.45, 7) is 2.73. The first-order chi connectivity index (χ1) is 8.40. The van der Waals surface area contributed by atoms with Crippen LogP contribution in [0.4, 0.5) is 0 Å². The molecule has 0 aliphatic carbocycles. The fourth-order valence-corrected chi connectivity index (χ4v) is 2.53. The van der Waals surface area contributed by atoms with Crippen LogP contribution in [0.1, 0.15) is 23.8 Å². The Bertz CT molecular complexity index is 351. The summed E-state index contributed by atoms with van der Waals surface area (Å²) >= 11 is 1.72. The molecular formula is C12H16N2O2S. The second-order valence-corrected chi connectivity index (χ2v) is 4.94. The molecule has 0 aromatic carbocycles. The molecule has 1 aromatic heterocycles. The molecular weight excluding hydrogens is 236 g/mol. The molecule has 0 saturated carbocycles. The summed E-state index contributed by atoms with van der Waals surface area (Å²) in [7, 11) is 0. The first kappa shape index (κ1) is 12.1. The lowest BCUT2D eigenvalue weighted by molar-refractivity contribution is -0.117. The van der Waals surface area contributed by atoms with E-state index in [-0.39, 0.29) is 6.10 Å². The second kappa shape index (κ2) is 6.39. The zero-order valence-electron chi connectivity index (χ0n) is 9.62. The standard InChI is InChI=1S/C7H7NOS.C5H9NO/c1-2-7(10-3-1)6-4-8-5-9-6;7-5-6-3-1-2-4-6/h1-3,5-6H,4H2;5H,1-4H2. The Labute approximate surface area is 105 Å². The molecule has 0 N–H and O–H groups in total. The van der Waals surface area contributed by atoms with Crippen molar-refractivity contribution in [2.24, 2.45) is 4.99 Å². The number of aliphatic imine (C=N–C) groups is 1. The lowest BCUT2D eigenvalue weighted by atomic mass is 10.3. The van der Waals surface area contributed by atoms with Crippen molar-refractivity contribution in [2.75, 3.05) is 19.6 Å². The van der Waals surface area contributed by atoms with E-state index in [9.17, 15) is 4.79 Å². The van der Waals surface area contributed by atoms with E-state index in [1.807, 2.05) is 6.07 Å². The molecule has 3 rings (SSSR count). The number of hydrogen-bond donors (Lipinski definition) is 0. The van der Waals surface area contributed by atoms with Crippen LogP contribution in [0.25, 0.3) is 0 Å². The van der Waals surface area contributed by atoms with Gasteiger partial charge in [-0.05, 0) is 24.3 Å². The van der Waals surface area contributed by atoms with Gasteiger partial charge in [-0.25, -0.2) is 0 Å². The van der Waals surface area contributed by atoms with Crippen molar-refractivity contribution in [3.63, 3.8) is 0 Å². The Morgan fingerprint density at radius 3 is 2.76 bits per heavy atom. The normalized spacial score (nSPS) is 21.9. The maximum atomic E-state index is 9.93. The molecule has 0 spiro atoms. The van der Waals surface area contributed by atoms with E-state index in [2.05, 4.69) is 16.4 Å². The van der Waals surface area contributed by atoms with E-state index in [1.165, 1.54) is 24.1 Å². The monoisotopic (exact) mass is 252 g/mol. The van der Waals surface area contributed by atoms with Gasteiger partial charge in [0.2, 0.25) is 6.41 Å². The van der Waals surface area contributed by atoms with Gasteiger partial charge in [0.25, 0.3) is 0 Å². The van der Waals surface area contributed by atoms with Crippen LogP contribution in [0, 0.1) is 0 Å². The minimum absolute atomic E-state index is 0.194. The number of rotatable bonds is 2. The average Bonchev–Trinajstić information content (AvgIpc) is 3.12. The lowest BCUT2D eigenvalue weighted by Gasteiger charge is -2.03. The summed E-state index contributed by atoms with van der Waals surface area (Å²) in [5.41, 5.74) is 0. The number of nitrogens with zero attached hydrogens (tertiary/aromatic N) is 2. The van der Waals surface area contributed by atoms with Crippen molar-refractivity contribution in [1.29, 1.82) is 0 Å². The Balaban J connectivity index is 0.000000136. The summed E-state index contributed by atoms with van der Waals surface area (Å²) < 4.78 is 5.22. The molecule has 2 aliphatic rings. The minimum Gasteiger partial charge on any atom is -0.473 e. The maximum Gasteiger partial charge on any atom is 0.209 e. The molecule has 3 heterocycles. The zero-order valence-corrected chi connectivity index (χ0v) is 10.4. The van der Waals surface area contributed by atoms with E-state index >= 15 is 0 Å². The highest BCUT2D eigenvalue weighted by Gasteiger charge is 2.15. The Morgan fingerprint density at radius 2 is 2.29 bits per heavy atom. The van der Waals surface area contributed by atoms with Gasteiger partial charge < -0.3 is 9.64 Å². The van der Waals surface area contributed by atoms with Crippen LogP contribution >= 0.6 is 11.3 Å². The molecule has 1 amide bonds. The summed E-state index contributed by atoms with van der Waals surface area (Å²) in [4.78, 5) is 17.0. The fraction of sp³-hybridized carbons (Fsp3) is 0.500. The van der Waals surface area contributed by atoms with Crippen LogP contribution < -0.4 is 0 Å². The summed E-state index contributed by atoms with van der Waals surface area (Å²) in [5, 5.41) is 2.05. The molecule has 17 heavy (non-hydrogen) atoms. The molecule has 92 valence electrons. The van der Waals surface area contributed by atoms with Crippen molar-refractivity contribution in [1.82, 2.24) is 4.90 Å². The number of carbonyl (C=O) groups is 1. The van der Waals surface area contributed by atoms with E-state index in [4.69, 9.17) is 4.74 Å². The Hall–Kier alpha value is -1.36. The number of thiophene rings is 1. The van der Waals surface area contributed by atoms with Gasteiger partial charge in [-0.3, -0.25) is 9.79 Å². The van der Waals surface area contributed by atoms with Gasteiger partial charge in [-0.15, -0.1) is 11.3 Å². The van der Waals surface area contributed by atoms with Crippen LogP contribution in [-0.4, -0.2) is 37.3 Å². The van der Waals surface area contributed by atoms with Crippen molar-refractivity contribution < 1.29 is 9.53 Å². The van der Waals surface area contributed by atoms with E-state index < -0.39 is 0 Å². The molecule has 1 aromatic rings. The molecule has 5 heteroatoms. The molecule has 2 aliphatic heterocycles. The molecule has 1 unspecified atom stereocenters. The smallest absolute Gasteiger partial charge is 0.209 e. The fourth-order valence-electron chi connectivity index (χ4n) is 1.78. The van der Waals surface area contributed by atoms with Crippen LogP contribution in [0.2, 0.25) is 0 Å². The van der Waals surface area contributed by atoms with Crippen LogP contribution in [0.5, 0.6) is 0 Å². The molecule has 0 radical (unpaired) electrons. The van der Waals surface area contributed by atoms with Gasteiger partial charge in [0, 0.05) is 18.0 Å². The van der Waals surface area contributed by atoms with Crippen LogP contribution in [0.15, 0.2) is 22.5 Å². The molecule has 0 bridgehead atoms. The Morgan fingerprint density at radius 1 is 1.47 bits per heavy atom. The molecule has 1 fully saturated rings. The van der Waals surface area contributed by atoms with Crippen LogP contribution in [-0.2, 0) is 9.53 Å². The van der Waals surface area contributed by atoms with E-state index in [0.717, 1.165) is 26.0 Å². The number of hydrogen-bond acceptors (Lipinski definition) is 4. The number of ether oxygens (including phenoxy) is 1. The third kappa shape index (κ3) is 3.56. The highest BCUT2D eigenvalue weighted by Crippen LogP contribution is 2.24. The first-order valence-corrected chi connectivity index (χ1v) is 6.64. The van der Waals surface area contributed by atoms with Crippen molar-refractivity contribution >= 4 is 24.1 Å². The predicted molar refractivity (Wildman–Crippen MR) is 68.4 cm³/mol. The SMILES string of the molecule is C1=NCC(c2cccs2)O1.O=CN1CCCC1. The quantitative estimate of drug-likeness (QED) is 0.756. The number of amides is 1. The van der Waals surface area contributed by atoms with Crippen LogP contribution in [0.3, 0.4) is 0 Å². The van der Waals surface area contributed by atoms with Gasteiger partial charge in [-0.2, -0.15) is 0 Å². The van der Waals surface area contributed by atoms with E-state index in [1.54, 1.807) is 16.2 Å². The second-order valence-electron chi connectivity index (χ2n) is 3.96. The number of likely N-dealkylation sites (tertiary alicyclic amines) is 1. The van der Waals surface area contributed by atoms with Crippen molar-refractivity contribution in [3.05, 3.63) is 22.4 Å².